The molecule has 1 saturated heterocycles. The number of hydrogen-bond acceptors (Lipinski definition) is 7. The van der Waals surface area contributed by atoms with Crippen molar-refractivity contribution in [2.75, 3.05) is 12.3 Å². The van der Waals surface area contributed by atoms with E-state index in [0.717, 1.165) is 0 Å². The van der Waals surface area contributed by atoms with E-state index in [1.807, 2.05) is 0 Å². The average Bonchev–Trinajstić information content (AvgIpc) is 2.90. The molecular weight excluding hydrogens is 332 g/mol. The van der Waals surface area contributed by atoms with Crippen molar-refractivity contribution in [2.45, 2.75) is 24.5 Å². The minimum atomic E-state index is -1.18. The lowest BCUT2D eigenvalue weighted by molar-refractivity contribution is -0.0509. The van der Waals surface area contributed by atoms with Crippen LogP contribution in [-0.4, -0.2) is 54.8 Å². The summed E-state index contributed by atoms with van der Waals surface area (Å²) >= 11 is 3.35. The molecule has 3 heterocycles. The average molecular weight is 345 g/mol. The number of anilines is 1. The zero-order valence-electron chi connectivity index (χ0n) is 10.2. The van der Waals surface area contributed by atoms with E-state index in [-0.39, 0.29) is 6.61 Å². The molecule has 0 bridgehead atoms. The first-order chi connectivity index (χ1) is 9.54. The first-order valence-electron chi connectivity index (χ1n) is 5.93. The number of halogens is 1. The third-order valence-corrected chi connectivity index (χ3v) is 3.98. The molecule has 0 radical (unpaired) electrons. The number of nitrogens with zero attached hydrogens (tertiary/aromatic N) is 3. The van der Waals surface area contributed by atoms with Gasteiger partial charge in [0.1, 0.15) is 36.1 Å². The summed E-state index contributed by atoms with van der Waals surface area (Å²) in [5, 5.41) is 29.6. The molecule has 5 N–H and O–H groups in total. The van der Waals surface area contributed by atoms with Gasteiger partial charge < -0.3 is 30.4 Å². The van der Waals surface area contributed by atoms with E-state index in [9.17, 15) is 10.2 Å². The molecule has 0 amide bonds. The topological polar surface area (TPSA) is 127 Å². The number of aliphatic hydroxyl groups is 3. The number of hydrogen-bond donors (Lipinski definition) is 4. The normalized spacial score (nSPS) is 30.2. The SMILES string of the molecule is Nc1ncnc2c1c(Br)cn2[C@H]1O[C@H](CO)[C@H](O)C1O. The number of ether oxygens (including phenoxy) is 1. The lowest BCUT2D eigenvalue weighted by Crippen LogP contribution is -2.33. The van der Waals surface area contributed by atoms with Gasteiger partial charge in [-0.25, -0.2) is 9.97 Å². The Morgan fingerprint density at radius 1 is 1.35 bits per heavy atom. The highest BCUT2D eigenvalue weighted by Crippen LogP contribution is 2.36. The smallest absolute Gasteiger partial charge is 0.164 e. The van der Waals surface area contributed by atoms with E-state index in [1.54, 1.807) is 10.8 Å². The van der Waals surface area contributed by atoms with Gasteiger partial charge in [-0.1, -0.05) is 0 Å². The molecule has 2 aromatic rings. The Hall–Kier alpha value is -1.26. The lowest BCUT2D eigenvalue weighted by atomic mass is 10.1. The zero-order chi connectivity index (χ0) is 14.4. The van der Waals surface area contributed by atoms with Crippen LogP contribution in [0.5, 0.6) is 0 Å². The number of nitrogen functional groups attached to an aromatic ring is 1. The fourth-order valence-electron chi connectivity index (χ4n) is 2.37. The van der Waals surface area contributed by atoms with Crippen molar-refractivity contribution in [3.05, 3.63) is 17.0 Å². The van der Waals surface area contributed by atoms with Crippen molar-refractivity contribution in [3.8, 4) is 0 Å². The molecule has 1 fully saturated rings. The van der Waals surface area contributed by atoms with E-state index >= 15 is 0 Å². The molecule has 0 aromatic carbocycles. The zero-order valence-corrected chi connectivity index (χ0v) is 11.8. The molecule has 0 aliphatic carbocycles. The van der Waals surface area contributed by atoms with Gasteiger partial charge in [0.05, 0.1) is 12.0 Å². The van der Waals surface area contributed by atoms with Gasteiger partial charge in [0.2, 0.25) is 0 Å². The maximum atomic E-state index is 10.1. The Balaban J connectivity index is 2.10. The fourth-order valence-corrected chi connectivity index (χ4v) is 2.97. The van der Waals surface area contributed by atoms with Crippen molar-refractivity contribution in [2.24, 2.45) is 0 Å². The molecule has 0 saturated carbocycles. The van der Waals surface area contributed by atoms with Gasteiger partial charge in [-0.3, -0.25) is 0 Å². The number of nitrogens with two attached hydrogens (primary N) is 1. The third-order valence-electron chi connectivity index (χ3n) is 3.38. The van der Waals surface area contributed by atoms with E-state index in [4.69, 9.17) is 15.6 Å². The van der Waals surface area contributed by atoms with Crippen LogP contribution >= 0.6 is 15.9 Å². The van der Waals surface area contributed by atoms with Crippen LogP contribution in [0.1, 0.15) is 6.23 Å². The molecule has 1 aliphatic rings. The first kappa shape index (κ1) is 13.7. The summed E-state index contributed by atoms with van der Waals surface area (Å²) in [4.78, 5) is 8.03. The standard InChI is InChI=1S/C11H13BrN4O4/c12-4-1-16(10-6(4)9(13)14-3-15-10)11-8(19)7(18)5(2-17)20-11/h1,3,5,7-8,11,17-19H,2H2,(H2,13,14,15)/t5-,7+,8?,11+/m1/s1. The largest absolute Gasteiger partial charge is 0.394 e. The Bertz CT molecular complexity index is 649. The van der Waals surface area contributed by atoms with Crippen LogP contribution in [0.2, 0.25) is 0 Å². The molecule has 20 heavy (non-hydrogen) atoms. The summed E-state index contributed by atoms with van der Waals surface area (Å²) in [5.74, 6) is 0.298. The van der Waals surface area contributed by atoms with E-state index < -0.39 is 24.5 Å². The van der Waals surface area contributed by atoms with Crippen LogP contribution in [0.15, 0.2) is 17.0 Å². The van der Waals surface area contributed by atoms with E-state index in [2.05, 4.69) is 25.9 Å². The molecular formula is C11H13BrN4O4. The van der Waals surface area contributed by atoms with Crippen LogP contribution in [-0.2, 0) is 4.74 Å². The van der Waals surface area contributed by atoms with E-state index in [0.29, 0.717) is 21.3 Å². The Morgan fingerprint density at radius 2 is 2.10 bits per heavy atom. The fraction of sp³-hybridized carbons (Fsp3) is 0.455. The Kier molecular flexibility index (Phi) is 3.38. The molecule has 9 heteroatoms. The second kappa shape index (κ2) is 4.93. The summed E-state index contributed by atoms with van der Waals surface area (Å²) in [5.41, 5.74) is 6.27. The number of rotatable bonds is 2. The van der Waals surface area contributed by atoms with Crippen molar-refractivity contribution >= 4 is 32.8 Å². The Labute approximate surface area is 121 Å². The maximum absolute atomic E-state index is 10.1. The quantitative estimate of drug-likeness (QED) is 0.572. The summed E-state index contributed by atoms with van der Waals surface area (Å²) < 4.78 is 7.69. The third kappa shape index (κ3) is 1.90. The van der Waals surface area contributed by atoms with Crippen LogP contribution in [0.4, 0.5) is 5.82 Å². The van der Waals surface area contributed by atoms with E-state index in [1.165, 1.54) is 6.33 Å². The minimum absolute atomic E-state index is 0.298. The number of aromatic nitrogens is 3. The van der Waals surface area contributed by atoms with Gasteiger partial charge in [-0.15, -0.1) is 0 Å². The minimum Gasteiger partial charge on any atom is -0.394 e. The lowest BCUT2D eigenvalue weighted by Gasteiger charge is -2.17. The van der Waals surface area contributed by atoms with Gasteiger partial charge in [0.25, 0.3) is 0 Å². The van der Waals surface area contributed by atoms with Gasteiger partial charge in [-0.05, 0) is 15.9 Å². The second-order valence-corrected chi connectivity index (χ2v) is 5.43. The van der Waals surface area contributed by atoms with Crippen LogP contribution < -0.4 is 5.73 Å². The molecule has 108 valence electrons. The molecule has 1 unspecified atom stereocenters. The second-order valence-electron chi connectivity index (χ2n) is 4.57. The van der Waals surface area contributed by atoms with Gasteiger partial charge in [0.15, 0.2) is 6.23 Å². The summed E-state index contributed by atoms with van der Waals surface area (Å²) in [6.45, 7) is -0.383. The molecule has 8 nitrogen and oxygen atoms in total. The molecule has 0 spiro atoms. The summed E-state index contributed by atoms with van der Waals surface area (Å²) in [7, 11) is 0. The first-order valence-corrected chi connectivity index (χ1v) is 6.73. The van der Waals surface area contributed by atoms with Gasteiger partial charge in [0, 0.05) is 10.7 Å². The molecule has 2 aromatic heterocycles. The van der Waals surface area contributed by atoms with Crippen molar-refractivity contribution in [1.82, 2.24) is 14.5 Å². The monoisotopic (exact) mass is 344 g/mol. The van der Waals surface area contributed by atoms with Crippen LogP contribution in [0.25, 0.3) is 11.0 Å². The highest BCUT2D eigenvalue weighted by atomic mass is 79.9. The van der Waals surface area contributed by atoms with Crippen molar-refractivity contribution < 1.29 is 20.1 Å². The van der Waals surface area contributed by atoms with Crippen molar-refractivity contribution in [1.29, 1.82) is 0 Å². The molecule has 3 rings (SSSR count). The molecule has 4 atom stereocenters. The summed E-state index contributed by atoms with van der Waals surface area (Å²) in [6.07, 6.45) is -1.08. The Morgan fingerprint density at radius 3 is 2.75 bits per heavy atom. The predicted octanol–water partition coefficient (Wildman–Crippen LogP) is -0.613. The van der Waals surface area contributed by atoms with Crippen LogP contribution in [0.3, 0.4) is 0 Å². The number of aliphatic hydroxyl groups excluding tert-OH is 3. The van der Waals surface area contributed by atoms with Crippen LogP contribution in [0, 0.1) is 0 Å². The molecule has 1 aliphatic heterocycles. The highest BCUT2D eigenvalue weighted by Gasteiger charge is 2.44. The van der Waals surface area contributed by atoms with Crippen molar-refractivity contribution in [3.63, 3.8) is 0 Å². The van der Waals surface area contributed by atoms with Gasteiger partial charge in [-0.2, -0.15) is 0 Å². The highest BCUT2D eigenvalue weighted by molar-refractivity contribution is 9.10. The predicted molar refractivity (Wildman–Crippen MR) is 72.6 cm³/mol. The summed E-state index contributed by atoms with van der Waals surface area (Å²) in [6, 6.07) is 0. The maximum Gasteiger partial charge on any atom is 0.164 e. The van der Waals surface area contributed by atoms with Gasteiger partial charge >= 0.3 is 0 Å². The number of fused-ring (bicyclic) bond motifs is 1.